The number of rotatable bonds is 7. The zero-order chi connectivity index (χ0) is 22.9. The van der Waals surface area contributed by atoms with Crippen molar-refractivity contribution in [3.63, 3.8) is 0 Å². The first-order valence-corrected chi connectivity index (χ1v) is 11.9. The molecule has 3 heterocycles. The van der Waals surface area contributed by atoms with Gasteiger partial charge in [0.05, 0.1) is 41.4 Å². The number of hydrogen-bond acceptors (Lipinski definition) is 5. The molecule has 172 valence electrons. The molecule has 0 bridgehead atoms. The summed E-state index contributed by atoms with van der Waals surface area (Å²) in [6.07, 6.45) is 8.84. The Kier molecular flexibility index (Phi) is 6.08. The largest absolute Gasteiger partial charge is 0.377 e. The number of aromatic nitrogens is 3. The number of nitrogens with zero attached hydrogens (tertiary/aromatic N) is 3. The summed E-state index contributed by atoms with van der Waals surface area (Å²) in [4.78, 5) is 22.0. The topological polar surface area (TPSA) is 80.5 Å². The van der Waals surface area contributed by atoms with E-state index in [1.54, 1.807) is 6.07 Å². The Morgan fingerprint density at radius 3 is 2.88 bits per heavy atom. The molecule has 1 aromatic carbocycles. The van der Waals surface area contributed by atoms with Crippen LogP contribution in [0, 0.1) is 5.92 Å². The first-order chi connectivity index (χ1) is 16.0. The van der Waals surface area contributed by atoms with Gasteiger partial charge in [0, 0.05) is 24.3 Å². The Morgan fingerprint density at radius 2 is 2.18 bits per heavy atom. The van der Waals surface area contributed by atoms with Gasteiger partial charge in [-0.1, -0.05) is 37.6 Å². The van der Waals surface area contributed by atoms with E-state index >= 15 is 0 Å². The molecule has 2 aliphatic rings. The molecule has 0 atom stereocenters. The fourth-order valence-electron chi connectivity index (χ4n) is 3.89. The summed E-state index contributed by atoms with van der Waals surface area (Å²) in [5.74, 6) is 1.11. The highest BCUT2D eigenvalue weighted by atomic mass is 35.5. The lowest BCUT2D eigenvalue weighted by molar-refractivity contribution is 0.0951. The number of ether oxygens (including phenoxy) is 1. The van der Waals surface area contributed by atoms with Crippen LogP contribution in [0.5, 0.6) is 0 Å². The number of hydrogen-bond donors (Lipinski definition) is 2. The van der Waals surface area contributed by atoms with Crippen LogP contribution in [0.25, 0.3) is 22.5 Å². The molecular weight excluding hydrogens is 438 g/mol. The maximum atomic E-state index is 12.5. The predicted molar refractivity (Wildman–Crippen MR) is 131 cm³/mol. The first kappa shape index (κ1) is 21.9. The zero-order valence-electron chi connectivity index (χ0n) is 18.9. The van der Waals surface area contributed by atoms with E-state index in [9.17, 15) is 4.79 Å². The van der Waals surface area contributed by atoms with Gasteiger partial charge in [-0.2, -0.15) is 0 Å². The van der Waals surface area contributed by atoms with Crippen molar-refractivity contribution in [3.8, 4) is 11.3 Å². The number of halogens is 1. The Morgan fingerprint density at radius 1 is 1.33 bits per heavy atom. The van der Waals surface area contributed by atoms with E-state index in [1.165, 1.54) is 5.57 Å². The molecule has 1 aliphatic heterocycles. The van der Waals surface area contributed by atoms with E-state index in [0.29, 0.717) is 29.7 Å². The van der Waals surface area contributed by atoms with Gasteiger partial charge in [0.1, 0.15) is 0 Å². The molecule has 0 unspecified atom stereocenters. The lowest BCUT2D eigenvalue weighted by atomic mass is 10.1. The average molecular weight is 466 g/mol. The zero-order valence-corrected chi connectivity index (χ0v) is 19.7. The Labute approximate surface area is 198 Å². The molecule has 7 nitrogen and oxygen atoms in total. The molecule has 33 heavy (non-hydrogen) atoms. The summed E-state index contributed by atoms with van der Waals surface area (Å²) in [6, 6.07) is 5.83. The first-order valence-electron chi connectivity index (χ1n) is 11.5. The third-order valence-corrected chi connectivity index (χ3v) is 6.20. The molecule has 1 amide bonds. The number of carbonyl (C=O) groups is 1. The Balaban J connectivity index is 1.55. The Hall–Kier alpha value is -2.90. The van der Waals surface area contributed by atoms with Crippen LogP contribution in [-0.2, 0) is 4.74 Å². The number of nitrogens with one attached hydrogen (secondary N) is 2. The van der Waals surface area contributed by atoms with Crippen molar-refractivity contribution in [1.29, 1.82) is 0 Å². The minimum absolute atomic E-state index is 0.120. The number of benzene rings is 1. The van der Waals surface area contributed by atoms with Crippen molar-refractivity contribution in [2.75, 3.05) is 25.1 Å². The molecule has 8 heteroatoms. The summed E-state index contributed by atoms with van der Waals surface area (Å²) in [5, 5.41) is 6.88. The van der Waals surface area contributed by atoms with Crippen LogP contribution >= 0.6 is 11.6 Å². The monoisotopic (exact) mass is 465 g/mol. The number of carbonyl (C=O) groups excluding carboxylic acids is 1. The van der Waals surface area contributed by atoms with Crippen molar-refractivity contribution in [2.45, 2.75) is 39.2 Å². The number of fused-ring (bicyclic) bond motifs is 1. The van der Waals surface area contributed by atoms with Crippen LogP contribution in [0.3, 0.4) is 0 Å². The number of imidazole rings is 1. The van der Waals surface area contributed by atoms with Gasteiger partial charge in [-0.3, -0.25) is 9.20 Å². The van der Waals surface area contributed by atoms with Crippen molar-refractivity contribution in [1.82, 2.24) is 19.7 Å². The molecule has 0 saturated heterocycles. The fraction of sp³-hybridized carbons (Fsp3) is 0.400. The third-order valence-electron chi connectivity index (χ3n) is 5.88. The minimum atomic E-state index is -0.120. The maximum absolute atomic E-state index is 12.5. The highest BCUT2D eigenvalue weighted by Gasteiger charge is 2.25. The average Bonchev–Trinajstić information content (AvgIpc) is 3.52. The third kappa shape index (κ3) is 4.75. The van der Waals surface area contributed by atoms with Gasteiger partial charge >= 0.3 is 0 Å². The van der Waals surface area contributed by atoms with Crippen molar-refractivity contribution >= 4 is 34.5 Å². The summed E-state index contributed by atoms with van der Waals surface area (Å²) >= 11 is 6.53. The normalized spacial score (nSPS) is 16.2. The van der Waals surface area contributed by atoms with Gasteiger partial charge in [0.15, 0.2) is 11.5 Å². The molecule has 1 aliphatic carbocycles. The van der Waals surface area contributed by atoms with Gasteiger partial charge in [0.2, 0.25) is 0 Å². The molecule has 1 saturated carbocycles. The van der Waals surface area contributed by atoms with Crippen LogP contribution in [0.4, 0.5) is 5.82 Å². The molecular formula is C25H28ClN5O2. The van der Waals surface area contributed by atoms with E-state index in [2.05, 4.69) is 39.9 Å². The molecule has 3 aromatic rings. The van der Waals surface area contributed by atoms with Crippen LogP contribution in [-0.4, -0.2) is 46.1 Å². The number of amides is 1. The van der Waals surface area contributed by atoms with Gasteiger partial charge in [-0.05, 0) is 42.9 Å². The fourth-order valence-corrected chi connectivity index (χ4v) is 4.15. The smallest absolute Gasteiger partial charge is 0.253 e. The quantitative estimate of drug-likeness (QED) is 0.523. The molecule has 5 rings (SSSR count). The maximum Gasteiger partial charge on any atom is 0.253 e. The second-order valence-corrected chi connectivity index (χ2v) is 9.49. The van der Waals surface area contributed by atoms with Crippen molar-refractivity contribution in [3.05, 3.63) is 52.9 Å². The van der Waals surface area contributed by atoms with E-state index in [0.717, 1.165) is 54.2 Å². The van der Waals surface area contributed by atoms with Gasteiger partial charge in [-0.25, -0.2) is 9.97 Å². The van der Waals surface area contributed by atoms with Gasteiger partial charge in [-0.15, -0.1) is 0 Å². The van der Waals surface area contributed by atoms with E-state index in [-0.39, 0.29) is 11.9 Å². The van der Waals surface area contributed by atoms with Crippen molar-refractivity contribution in [2.24, 2.45) is 5.92 Å². The molecule has 1 fully saturated rings. The molecule has 2 aromatic heterocycles. The summed E-state index contributed by atoms with van der Waals surface area (Å²) in [6.45, 7) is 6.41. The van der Waals surface area contributed by atoms with Crippen LogP contribution in [0.1, 0.15) is 49.2 Å². The van der Waals surface area contributed by atoms with Gasteiger partial charge < -0.3 is 15.4 Å². The summed E-state index contributed by atoms with van der Waals surface area (Å²) < 4.78 is 7.53. The lowest BCUT2D eigenvalue weighted by Gasteiger charge is -2.16. The lowest BCUT2D eigenvalue weighted by Crippen LogP contribution is -2.25. The molecule has 0 spiro atoms. The molecule has 2 N–H and O–H groups in total. The number of anilines is 1. The van der Waals surface area contributed by atoms with Crippen LogP contribution in [0.2, 0.25) is 5.02 Å². The second kappa shape index (κ2) is 9.15. The Bertz CT molecular complexity index is 1230. The SMILES string of the molecule is CC(C)CNc1nc(C2=CCOCC2)cn2c(-c3ccc(C(=O)NC4CC4)c(Cl)c3)cnc12. The highest BCUT2D eigenvalue weighted by Crippen LogP contribution is 2.31. The van der Waals surface area contributed by atoms with E-state index < -0.39 is 0 Å². The van der Waals surface area contributed by atoms with Crippen molar-refractivity contribution < 1.29 is 9.53 Å². The van der Waals surface area contributed by atoms with E-state index in [1.807, 2.05) is 24.5 Å². The summed E-state index contributed by atoms with van der Waals surface area (Å²) in [5.41, 5.74) is 5.11. The highest BCUT2D eigenvalue weighted by molar-refractivity contribution is 6.34. The second-order valence-electron chi connectivity index (χ2n) is 9.08. The minimum Gasteiger partial charge on any atom is -0.377 e. The van der Waals surface area contributed by atoms with E-state index in [4.69, 9.17) is 21.3 Å². The van der Waals surface area contributed by atoms with Gasteiger partial charge in [0.25, 0.3) is 5.91 Å². The summed E-state index contributed by atoms with van der Waals surface area (Å²) in [7, 11) is 0. The van der Waals surface area contributed by atoms with Crippen LogP contribution in [0.15, 0.2) is 36.7 Å². The standard InChI is InChI=1S/C25H28ClN5O2/c1-15(2)12-27-23-24-28-13-22(31(24)14-21(30-23)16-7-9-33-10-8-16)17-3-6-19(20(26)11-17)25(32)29-18-4-5-18/h3,6-7,11,13-15,18H,4-5,8-10,12H2,1-2H3,(H,27,30)(H,29,32). The van der Waals surface area contributed by atoms with Crippen LogP contribution < -0.4 is 10.6 Å². The molecule has 0 radical (unpaired) electrons. The predicted octanol–water partition coefficient (Wildman–Crippen LogP) is 4.81.